The lowest BCUT2D eigenvalue weighted by Crippen LogP contribution is -2.44. The number of allylic oxidation sites excluding steroid dienone is 4. The molecule has 0 saturated heterocycles. The molecule has 2 heterocycles. The zero-order valence-electron chi connectivity index (χ0n) is 25.6. The van der Waals surface area contributed by atoms with Crippen molar-refractivity contribution < 1.29 is 0 Å². The molecule has 1 aliphatic carbocycles. The van der Waals surface area contributed by atoms with Crippen molar-refractivity contribution in [2.24, 2.45) is 10.9 Å². The topological polar surface area (TPSA) is 36.4 Å². The second-order valence-corrected chi connectivity index (χ2v) is 13.6. The molecule has 46 heavy (non-hydrogen) atoms. The van der Waals surface area contributed by atoms with Crippen LogP contribution in [-0.2, 0) is 0 Å². The zero-order chi connectivity index (χ0) is 30.6. The van der Waals surface area contributed by atoms with Gasteiger partial charge in [-0.2, -0.15) is 0 Å². The van der Waals surface area contributed by atoms with E-state index in [1.807, 2.05) is 11.3 Å². The van der Waals surface area contributed by atoms with E-state index in [-0.39, 0.29) is 12.3 Å². The number of hydrogen-bond acceptors (Lipinski definition) is 4. The van der Waals surface area contributed by atoms with Gasteiger partial charge >= 0.3 is 0 Å². The minimum Gasteiger partial charge on any atom is -0.350 e. The van der Waals surface area contributed by atoms with Gasteiger partial charge in [0.05, 0.1) is 0 Å². The van der Waals surface area contributed by atoms with E-state index in [1.165, 1.54) is 64.0 Å². The molecule has 9 rings (SSSR count). The quantitative estimate of drug-likeness (QED) is 0.194. The van der Waals surface area contributed by atoms with Crippen molar-refractivity contribution in [2.45, 2.75) is 25.7 Å². The summed E-state index contributed by atoms with van der Waals surface area (Å²) in [6, 6.07) is 44.2. The molecule has 2 aliphatic rings. The van der Waals surface area contributed by atoms with E-state index < -0.39 is 0 Å². The average molecular weight is 612 g/mol. The SMILES string of the molecule is CC1C=CC=C(c2cccc(C3N=C(c4ccccc4)NC(c4ccc5c(ccc6ccc7sc8ccccc8c7c65)c4)N3)c2)C1. The molecule has 0 fully saturated rings. The van der Waals surface area contributed by atoms with Crippen molar-refractivity contribution in [3.8, 4) is 0 Å². The van der Waals surface area contributed by atoms with Gasteiger partial charge in [-0.1, -0.05) is 122 Å². The summed E-state index contributed by atoms with van der Waals surface area (Å²) in [5.74, 6) is 1.45. The van der Waals surface area contributed by atoms with Crippen LogP contribution in [0.25, 0.3) is 47.3 Å². The van der Waals surface area contributed by atoms with Crippen LogP contribution in [0.15, 0.2) is 145 Å². The number of nitrogens with one attached hydrogen (secondary N) is 2. The smallest absolute Gasteiger partial charge is 0.131 e. The third-order valence-electron chi connectivity index (χ3n) is 9.46. The van der Waals surface area contributed by atoms with Gasteiger partial charge in [-0.25, -0.2) is 4.99 Å². The van der Waals surface area contributed by atoms with Crippen LogP contribution in [-0.4, -0.2) is 5.84 Å². The number of thiophene rings is 1. The van der Waals surface area contributed by atoms with E-state index in [0.29, 0.717) is 5.92 Å². The molecule has 0 amide bonds. The van der Waals surface area contributed by atoms with Crippen molar-refractivity contribution in [3.05, 3.63) is 162 Å². The maximum atomic E-state index is 5.22. The summed E-state index contributed by atoms with van der Waals surface area (Å²) in [6.45, 7) is 2.28. The fourth-order valence-electron chi connectivity index (χ4n) is 7.18. The van der Waals surface area contributed by atoms with Crippen molar-refractivity contribution in [2.75, 3.05) is 0 Å². The summed E-state index contributed by atoms with van der Waals surface area (Å²) < 4.78 is 2.67. The highest BCUT2D eigenvalue weighted by Gasteiger charge is 2.26. The second-order valence-electron chi connectivity index (χ2n) is 12.6. The van der Waals surface area contributed by atoms with Crippen molar-refractivity contribution in [3.63, 3.8) is 0 Å². The maximum Gasteiger partial charge on any atom is 0.131 e. The molecule has 1 aliphatic heterocycles. The van der Waals surface area contributed by atoms with Crippen LogP contribution in [0, 0.1) is 5.92 Å². The first-order valence-electron chi connectivity index (χ1n) is 16.1. The minimum absolute atomic E-state index is 0.115. The van der Waals surface area contributed by atoms with Crippen molar-refractivity contribution >= 4 is 64.5 Å². The van der Waals surface area contributed by atoms with Crippen LogP contribution in [0.4, 0.5) is 0 Å². The van der Waals surface area contributed by atoms with E-state index in [0.717, 1.165) is 17.8 Å². The molecule has 0 spiro atoms. The number of amidine groups is 1. The third kappa shape index (κ3) is 4.73. The van der Waals surface area contributed by atoms with E-state index in [2.05, 4.69) is 157 Å². The standard InChI is InChI=1S/C42H33N3S/c1-26-9-7-12-29(23-26)30-13-8-14-32(24-30)41-43-40(28-10-3-2-4-11-28)44-42(45-41)33-19-21-34-31(25-33)18-17-27-20-22-37-39(38(27)34)35-15-5-6-16-36(35)46-37/h2-22,24-26,41-42,45H,23H2,1H3,(H,43,44). The fourth-order valence-corrected chi connectivity index (χ4v) is 8.29. The van der Waals surface area contributed by atoms with Gasteiger partial charge in [0.25, 0.3) is 0 Å². The molecule has 7 aromatic rings. The van der Waals surface area contributed by atoms with Gasteiger partial charge in [-0.3, -0.25) is 5.32 Å². The molecule has 1 aromatic heterocycles. The molecule has 4 heteroatoms. The van der Waals surface area contributed by atoms with Crippen molar-refractivity contribution in [1.82, 2.24) is 10.6 Å². The highest BCUT2D eigenvalue weighted by Crippen LogP contribution is 2.41. The van der Waals surface area contributed by atoms with Gasteiger partial charge in [-0.05, 0) is 80.4 Å². The van der Waals surface area contributed by atoms with Crippen LogP contribution in [0.1, 0.15) is 47.9 Å². The number of nitrogens with zero attached hydrogens (tertiary/aromatic N) is 1. The van der Waals surface area contributed by atoms with Crippen LogP contribution >= 0.6 is 11.3 Å². The Hall–Kier alpha value is -5.03. The highest BCUT2D eigenvalue weighted by atomic mass is 32.1. The first kappa shape index (κ1) is 27.3. The molecule has 6 aromatic carbocycles. The lowest BCUT2D eigenvalue weighted by Gasteiger charge is -2.32. The summed E-state index contributed by atoms with van der Waals surface area (Å²) in [4.78, 5) is 5.22. The van der Waals surface area contributed by atoms with Gasteiger partial charge in [0.1, 0.15) is 18.2 Å². The van der Waals surface area contributed by atoms with E-state index in [4.69, 9.17) is 4.99 Å². The second kappa shape index (κ2) is 11.1. The van der Waals surface area contributed by atoms with Gasteiger partial charge in [0.2, 0.25) is 0 Å². The Morgan fingerprint density at radius 1 is 0.674 bits per heavy atom. The Balaban J connectivity index is 1.14. The Morgan fingerprint density at radius 2 is 1.50 bits per heavy atom. The summed E-state index contributed by atoms with van der Waals surface area (Å²) in [6.07, 6.45) is 7.47. The Morgan fingerprint density at radius 3 is 2.41 bits per heavy atom. The summed E-state index contributed by atoms with van der Waals surface area (Å²) in [5.41, 5.74) is 6.09. The van der Waals surface area contributed by atoms with Gasteiger partial charge in [0, 0.05) is 25.7 Å². The molecule has 3 atom stereocenters. The molecule has 0 bridgehead atoms. The molecule has 222 valence electrons. The Bertz CT molecular complexity index is 2380. The normalized spacial score (nSPS) is 19.8. The summed E-state index contributed by atoms with van der Waals surface area (Å²) >= 11 is 1.88. The number of fused-ring (bicyclic) bond motifs is 7. The molecule has 0 radical (unpaired) electrons. The third-order valence-corrected chi connectivity index (χ3v) is 10.6. The van der Waals surface area contributed by atoms with Gasteiger partial charge in [0.15, 0.2) is 0 Å². The van der Waals surface area contributed by atoms with Crippen LogP contribution in [0.2, 0.25) is 0 Å². The number of hydrogen-bond donors (Lipinski definition) is 2. The first-order valence-corrected chi connectivity index (χ1v) is 16.9. The first-order chi connectivity index (χ1) is 22.7. The molecule has 3 unspecified atom stereocenters. The number of rotatable bonds is 4. The van der Waals surface area contributed by atoms with Crippen LogP contribution in [0.5, 0.6) is 0 Å². The summed E-state index contributed by atoms with van der Waals surface area (Å²) in [7, 11) is 0. The highest BCUT2D eigenvalue weighted by molar-refractivity contribution is 7.26. The predicted octanol–water partition coefficient (Wildman–Crippen LogP) is 10.7. The molecule has 3 nitrogen and oxygen atoms in total. The Labute approximate surface area is 272 Å². The lowest BCUT2D eigenvalue weighted by molar-refractivity contribution is 0.409. The van der Waals surface area contributed by atoms with Crippen LogP contribution in [0.3, 0.4) is 0 Å². The van der Waals surface area contributed by atoms with Gasteiger partial charge in [-0.15, -0.1) is 11.3 Å². The molecule has 2 N–H and O–H groups in total. The number of benzene rings is 6. The number of aliphatic imine (C=N–C) groups is 1. The zero-order valence-corrected chi connectivity index (χ0v) is 26.4. The molecular formula is C42H33N3S. The van der Waals surface area contributed by atoms with Crippen molar-refractivity contribution in [1.29, 1.82) is 0 Å². The predicted molar refractivity (Wildman–Crippen MR) is 196 cm³/mol. The maximum absolute atomic E-state index is 5.22. The van der Waals surface area contributed by atoms with E-state index >= 15 is 0 Å². The van der Waals surface area contributed by atoms with Gasteiger partial charge < -0.3 is 5.32 Å². The minimum atomic E-state index is -0.192. The summed E-state index contributed by atoms with van der Waals surface area (Å²) in [5, 5.41) is 15.4. The van der Waals surface area contributed by atoms with Crippen LogP contribution < -0.4 is 10.6 Å². The molecule has 0 saturated carbocycles. The fraction of sp³-hybridized carbons (Fsp3) is 0.119. The monoisotopic (exact) mass is 611 g/mol. The van der Waals surface area contributed by atoms with E-state index in [1.54, 1.807) is 0 Å². The largest absolute Gasteiger partial charge is 0.350 e. The average Bonchev–Trinajstić information content (AvgIpc) is 3.50. The lowest BCUT2D eigenvalue weighted by atomic mass is 9.90. The Kier molecular flexibility index (Phi) is 6.58. The van der Waals surface area contributed by atoms with E-state index in [9.17, 15) is 0 Å². The molecular weight excluding hydrogens is 579 g/mol.